The molecule has 1 aromatic carbocycles. The minimum Gasteiger partial charge on any atom is -0.462 e. The Morgan fingerprint density at radius 3 is 2.20 bits per heavy atom. The lowest BCUT2D eigenvalue weighted by atomic mass is 9.96. The second-order valence-electron chi connectivity index (χ2n) is 6.56. The van der Waals surface area contributed by atoms with Gasteiger partial charge in [-0.1, -0.05) is 20.8 Å². The maximum atomic E-state index is 11.9. The van der Waals surface area contributed by atoms with Crippen LogP contribution < -0.4 is 10.6 Å². The third-order valence-electron chi connectivity index (χ3n) is 3.37. The summed E-state index contributed by atoms with van der Waals surface area (Å²) in [6.07, 6.45) is 1.64. The lowest BCUT2D eigenvalue weighted by Gasteiger charge is -2.17. The molecule has 0 spiro atoms. The van der Waals surface area contributed by atoms with Gasteiger partial charge in [-0.15, -0.1) is 0 Å². The number of pyridine rings is 1. The van der Waals surface area contributed by atoms with E-state index in [0.29, 0.717) is 18.0 Å². The average molecular weight is 341 g/mol. The summed E-state index contributed by atoms with van der Waals surface area (Å²) in [5.41, 5.74) is 1.63. The summed E-state index contributed by atoms with van der Waals surface area (Å²) in [6, 6.07) is 10.5. The molecule has 0 aliphatic carbocycles. The van der Waals surface area contributed by atoms with E-state index in [9.17, 15) is 9.59 Å². The van der Waals surface area contributed by atoms with E-state index >= 15 is 0 Å². The van der Waals surface area contributed by atoms with Crippen molar-refractivity contribution in [3.05, 3.63) is 48.2 Å². The zero-order valence-corrected chi connectivity index (χ0v) is 14.9. The first-order valence-corrected chi connectivity index (χ1v) is 8.11. The van der Waals surface area contributed by atoms with Gasteiger partial charge in [0.2, 0.25) is 5.91 Å². The standard InChI is InChI=1S/C19H23N3O3/c1-5-25-17(23)13-6-8-14(9-7-13)21-15-10-11-16(20-12-15)22-18(24)19(2,3)4/h6-12,21H,5H2,1-4H3,(H,20,22,24). The minimum atomic E-state index is -0.473. The zero-order chi connectivity index (χ0) is 18.4. The molecule has 2 aromatic rings. The first-order valence-electron chi connectivity index (χ1n) is 8.11. The molecule has 1 heterocycles. The molecule has 2 N–H and O–H groups in total. The highest BCUT2D eigenvalue weighted by Crippen LogP contribution is 2.20. The fourth-order valence-electron chi connectivity index (χ4n) is 1.92. The molecule has 1 amide bonds. The highest BCUT2D eigenvalue weighted by molar-refractivity contribution is 5.93. The summed E-state index contributed by atoms with van der Waals surface area (Å²) in [7, 11) is 0. The van der Waals surface area contributed by atoms with Gasteiger partial charge in [0.1, 0.15) is 5.82 Å². The van der Waals surface area contributed by atoms with Gasteiger partial charge in [-0.05, 0) is 43.3 Å². The van der Waals surface area contributed by atoms with Gasteiger partial charge in [-0.25, -0.2) is 9.78 Å². The van der Waals surface area contributed by atoms with E-state index in [1.54, 1.807) is 43.5 Å². The van der Waals surface area contributed by atoms with Gasteiger partial charge in [-0.2, -0.15) is 0 Å². The first kappa shape index (κ1) is 18.4. The second-order valence-corrected chi connectivity index (χ2v) is 6.56. The molecule has 0 bridgehead atoms. The maximum Gasteiger partial charge on any atom is 0.338 e. The normalized spacial score (nSPS) is 10.9. The van der Waals surface area contributed by atoms with Crippen LogP contribution in [0.15, 0.2) is 42.6 Å². The van der Waals surface area contributed by atoms with Crippen LogP contribution in [0.3, 0.4) is 0 Å². The van der Waals surface area contributed by atoms with Crippen LogP contribution in [0, 0.1) is 5.41 Å². The van der Waals surface area contributed by atoms with Crippen molar-refractivity contribution in [2.24, 2.45) is 5.41 Å². The van der Waals surface area contributed by atoms with E-state index in [4.69, 9.17) is 4.74 Å². The van der Waals surface area contributed by atoms with Gasteiger partial charge >= 0.3 is 5.97 Å². The number of nitrogens with one attached hydrogen (secondary N) is 2. The zero-order valence-electron chi connectivity index (χ0n) is 14.9. The van der Waals surface area contributed by atoms with Crippen molar-refractivity contribution < 1.29 is 14.3 Å². The van der Waals surface area contributed by atoms with Crippen LogP contribution in [0.5, 0.6) is 0 Å². The Morgan fingerprint density at radius 2 is 1.68 bits per heavy atom. The molecule has 0 atom stereocenters. The summed E-state index contributed by atoms with van der Waals surface area (Å²) < 4.78 is 4.95. The second kappa shape index (κ2) is 7.79. The maximum absolute atomic E-state index is 11.9. The summed E-state index contributed by atoms with van der Waals surface area (Å²) in [6.45, 7) is 7.66. The van der Waals surface area contributed by atoms with Crippen molar-refractivity contribution in [3.8, 4) is 0 Å². The highest BCUT2D eigenvalue weighted by Gasteiger charge is 2.21. The SMILES string of the molecule is CCOC(=O)c1ccc(Nc2ccc(NC(=O)C(C)(C)C)nc2)cc1. The number of amides is 1. The molecule has 2 rings (SSSR count). The van der Waals surface area contributed by atoms with Crippen molar-refractivity contribution in [1.82, 2.24) is 4.98 Å². The topological polar surface area (TPSA) is 80.3 Å². The van der Waals surface area contributed by atoms with Crippen LogP contribution in [0.2, 0.25) is 0 Å². The van der Waals surface area contributed by atoms with Gasteiger partial charge in [0.05, 0.1) is 24.1 Å². The number of rotatable bonds is 5. The Labute approximate surface area is 147 Å². The van der Waals surface area contributed by atoms with E-state index in [-0.39, 0.29) is 11.9 Å². The number of aromatic nitrogens is 1. The van der Waals surface area contributed by atoms with Crippen LogP contribution in [-0.2, 0) is 9.53 Å². The minimum absolute atomic E-state index is 0.0877. The van der Waals surface area contributed by atoms with Gasteiger partial charge in [0.25, 0.3) is 0 Å². The monoisotopic (exact) mass is 341 g/mol. The van der Waals surface area contributed by atoms with Crippen LogP contribution >= 0.6 is 0 Å². The molecule has 0 saturated heterocycles. The number of benzene rings is 1. The molecule has 6 nitrogen and oxygen atoms in total. The molecule has 25 heavy (non-hydrogen) atoms. The Morgan fingerprint density at radius 1 is 1.04 bits per heavy atom. The Hall–Kier alpha value is -2.89. The molecular weight excluding hydrogens is 318 g/mol. The lowest BCUT2D eigenvalue weighted by molar-refractivity contribution is -0.123. The predicted molar refractivity (Wildman–Crippen MR) is 98.0 cm³/mol. The number of ether oxygens (including phenoxy) is 1. The molecule has 0 fully saturated rings. The van der Waals surface area contributed by atoms with Crippen LogP contribution in [0.1, 0.15) is 38.1 Å². The molecule has 0 unspecified atom stereocenters. The van der Waals surface area contributed by atoms with Gasteiger partial charge in [-0.3, -0.25) is 4.79 Å². The third kappa shape index (κ3) is 5.31. The third-order valence-corrected chi connectivity index (χ3v) is 3.37. The molecule has 132 valence electrons. The van der Waals surface area contributed by atoms with Crippen molar-refractivity contribution >= 4 is 29.1 Å². The number of carbonyl (C=O) groups excluding carboxylic acids is 2. The van der Waals surface area contributed by atoms with E-state index in [2.05, 4.69) is 15.6 Å². The van der Waals surface area contributed by atoms with E-state index < -0.39 is 5.41 Å². The molecule has 0 aliphatic heterocycles. The molecule has 0 aliphatic rings. The Bertz CT molecular complexity index is 732. The lowest BCUT2D eigenvalue weighted by Crippen LogP contribution is -2.27. The first-order chi connectivity index (χ1) is 11.8. The number of hydrogen-bond donors (Lipinski definition) is 2. The van der Waals surface area contributed by atoms with Gasteiger partial charge in [0.15, 0.2) is 0 Å². The Kier molecular flexibility index (Phi) is 5.75. The van der Waals surface area contributed by atoms with Gasteiger partial charge < -0.3 is 15.4 Å². The number of carbonyl (C=O) groups is 2. The van der Waals surface area contributed by atoms with Crippen molar-refractivity contribution in [2.75, 3.05) is 17.2 Å². The number of nitrogens with zero attached hydrogens (tertiary/aromatic N) is 1. The Balaban J connectivity index is 1.99. The van der Waals surface area contributed by atoms with Crippen LogP contribution in [-0.4, -0.2) is 23.5 Å². The van der Waals surface area contributed by atoms with Crippen molar-refractivity contribution in [1.29, 1.82) is 0 Å². The molecule has 6 heteroatoms. The highest BCUT2D eigenvalue weighted by atomic mass is 16.5. The summed E-state index contributed by atoms with van der Waals surface area (Å²) in [4.78, 5) is 27.8. The smallest absolute Gasteiger partial charge is 0.338 e. The molecule has 1 aromatic heterocycles. The van der Waals surface area contributed by atoms with Crippen LogP contribution in [0.4, 0.5) is 17.2 Å². The summed E-state index contributed by atoms with van der Waals surface area (Å²) in [5, 5.41) is 5.96. The van der Waals surface area contributed by atoms with Crippen molar-refractivity contribution in [2.45, 2.75) is 27.7 Å². The molecule has 0 saturated carbocycles. The summed E-state index contributed by atoms with van der Waals surface area (Å²) >= 11 is 0. The number of esters is 1. The average Bonchev–Trinajstić information content (AvgIpc) is 2.56. The van der Waals surface area contributed by atoms with Crippen LogP contribution in [0.25, 0.3) is 0 Å². The number of anilines is 3. The van der Waals surface area contributed by atoms with E-state index in [1.807, 2.05) is 26.8 Å². The predicted octanol–water partition coefficient (Wildman–Crippen LogP) is 3.99. The van der Waals surface area contributed by atoms with Crippen molar-refractivity contribution in [3.63, 3.8) is 0 Å². The molecular formula is C19H23N3O3. The van der Waals surface area contributed by atoms with Gasteiger partial charge in [0, 0.05) is 11.1 Å². The largest absolute Gasteiger partial charge is 0.462 e. The van der Waals surface area contributed by atoms with E-state index in [0.717, 1.165) is 11.4 Å². The fourth-order valence-corrected chi connectivity index (χ4v) is 1.92. The summed E-state index contributed by atoms with van der Waals surface area (Å²) in [5.74, 6) is 0.0769. The fraction of sp³-hybridized carbons (Fsp3) is 0.316. The molecule has 0 radical (unpaired) electrons. The van der Waals surface area contributed by atoms with E-state index in [1.165, 1.54) is 0 Å². The quantitative estimate of drug-likeness (QED) is 0.804. The number of hydrogen-bond acceptors (Lipinski definition) is 5.